The Bertz CT molecular complexity index is 1020. The number of carbonyl (C=O) groups excluding carboxylic acids is 1. The molecule has 0 aliphatic carbocycles. The summed E-state index contributed by atoms with van der Waals surface area (Å²) in [5.74, 6) is -0.482. The predicted octanol–water partition coefficient (Wildman–Crippen LogP) is 2.71. The molecular weight excluding hydrogens is 410 g/mol. The van der Waals surface area contributed by atoms with Gasteiger partial charge >= 0.3 is 0 Å². The van der Waals surface area contributed by atoms with Crippen LogP contribution in [0.3, 0.4) is 0 Å². The molecule has 0 unspecified atom stereocenters. The molecule has 30 heavy (non-hydrogen) atoms. The van der Waals surface area contributed by atoms with Gasteiger partial charge in [0.15, 0.2) is 0 Å². The first-order valence-corrected chi connectivity index (χ1v) is 10.9. The highest BCUT2D eigenvalue weighted by Crippen LogP contribution is 2.22. The van der Waals surface area contributed by atoms with Crippen LogP contribution < -0.4 is 5.32 Å². The number of anilines is 1. The van der Waals surface area contributed by atoms with Gasteiger partial charge in [-0.25, -0.2) is 8.42 Å². The van der Waals surface area contributed by atoms with Crippen LogP contribution in [0.1, 0.15) is 18.4 Å². The largest absolute Gasteiger partial charge is 0.377 e. The molecule has 3 rings (SSSR count). The number of hydrogen-bond donors (Lipinski definition) is 1. The molecule has 1 atom stereocenters. The van der Waals surface area contributed by atoms with E-state index in [-0.39, 0.29) is 23.2 Å². The number of hydrogen-bond acceptors (Lipinski definition) is 6. The number of non-ortho nitro benzene ring substituents is 1. The van der Waals surface area contributed by atoms with Gasteiger partial charge in [0.25, 0.3) is 5.69 Å². The van der Waals surface area contributed by atoms with Crippen molar-refractivity contribution in [3.63, 3.8) is 0 Å². The molecule has 0 spiro atoms. The van der Waals surface area contributed by atoms with Crippen molar-refractivity contribution in [2.75, 3.05) is 25.0 Å². The highest BCUT2D eigenvalue weighted by molar-refractivity contribution is 7.89. The number of nitrogens with zero attached hydrogens (tertiary/aromatic N) is 2. The van der Waals surface area contributed by atoms with E-state index < -0.39 is 27.4 Å². The first-order valence-electron chi connectivity index (χ1n) is 9.48. The number of rotatable bonds is 8. The van der Waals surface area contributed by atoms with Crippen molar-refractivity contribution < 1.29 is 22.9 Å². The van der Waals surface area contributed by atoms with Crippen molar-refractivity contribution in [1.29, 1.82) is 0 Å². The van der Waals surface area contributed by atoms with Crippen molar-refractivity contribution in [3.8, 4) is 0 Å². The number of ether oxygens (including phenoxy) is 1. The summed E-state index contributed by atoms with van der Waals surface area (Å²) in [4.78, 5) is 22.7. The Morgan fingerprint density at radius 3 is 2.60 bits per heavy atom. The minimum absolute atomic E-state index is 0.0283. The summed E-state index contributed by atoms with van der Waals surface area (Å²) in [6.45, 7) is 2.07. The van der Waals surface area contributed by atoms with Crippen LogP contribution in [0.5, 0.6) is 0 Å². The van der Waals surface area contributed by atoms with Crippen LogP contribution in [-0.4, -0.2) is 49.4 Å². The fraction of sp³-hybridized carbons (Fsp3) is 0.350. The van der Waals surface area contributed by atoms with Crippen LogP contribution in [0, 0.1) is 17.0 Å². The summed E-state index contributed by atoms with van der Waals surface area (Å²) in [6, 6.07) is 11.8. The lowest BCUT2D eigenvalue weighted by Gasteiger charge is -2.24. The highest BCUT2D eigenvalue weighted by atomic mass is 32.2. The van der Waals surface area contributed by atoms with Gasteiger partial charge in [-0.1, -0.05) is 12.1 Å². The summed E-state index contributed by atoms with van der Waals surface area (Å²) in [5.41, 5.74) is 1.32. The Hall–Kier alpha value is -2.82. The Labute approximate surface area is 174 Å². The van der Waals surface area contributed by atoms with Gasteiger partial charge in [0.1, 0.15) is 0 Å². The summed E-state index contributed by atoms with van der Waals surface area (Å²) in [5, 5.41) is 13.6. The van der Waals surface area contributed by atoms with Crippen LogP contribution in [0.15, 0.2) is 53.4 Å². The quantitative estimate of drug-likeness (QED) is 0.505. The van der Waals surface area contributed by atoms with E-state index in [1.54, 1.807) is 18.2 Å². The summed E-state index contributed by atoms with van der Waals surface area (Å²) < 4.78 is 32.9. The number of aryl methyl sites for hydroxylation is 1. The highest BCUT2D eigenvalue weighted by Gasteiger charge is 2.31. The molecule has 0 saturated carbocycles. The fourth-order valence-corrected chi connectivity index (χ4v) is 4.66. The summed E-state index contributed by atoms with van der Waals surface area (Å²) in [6.07, 6.45) is 1.22. The molecule has 0 aromatic heterocycles. The molecule has 1 saturated heterocycles. The second-order valence-electron chi connectivity index (χ2n) is 7.10. The first-order chi connectivity index (χ1) is 14.3. The number of nitrogens with one attached hydrogen (secondary N) is 1. The van der Waals surface area contributed by atoms with Gasteiger partial charge in [-0.2, -0.15) is 4.31 Å². The first kappa shape index (κ1) is 21.9. The third-order valence-electron chi connectivity index (χ3n) is 4.74. The van der Waals surface area contributed by atoms with Gasteiger partial charge < -0.3 is 10.1 Å². The van der Waals surface area contributed by atoms with Crippen LogP contribution >= 0.6 is 0 Å². The van der Waals surface area contributed by atoms with E-state index in [1.165, 1.54) is 12.1 Å². The zero-order valence-corrected chi connectivity index (χ0v) is 17.3. The van der Waals surface area contributed by atoms with Gasteiger partial charge in [-0.05, 0) is 49.6 Å². The molecule has 160 valence electrons. The number of nitro benzene ring substituents is 1. The zero-order chi connectivity index (χ0) is 21.7. The fourth-order valence-electron chi connectivity index (χ4n) is 3.24. The molecule has 2 aromatic carbocycles. The van der Waals surface area contributed by atoms with Gasteiger partial charge in [-0.3, -0.25) is 14.9 Å². The number of amides is 1. The van der Waals surface area contributed by atoms with Crippen molar-refractivity contribution in [2.24, 2.45) is 0 Å². The SMILES string of the molecule is Cc1cccc(NC(=O)CN(C[C@H]2CCCO2)S(=O)(=O)c2ccc([N+](=O)[O-])cc2)c1. The molecule has 2 aromatic rings. The van der Waals surface area contributed by atoms with Crippen LogP contribution in [0.2, 0.25) is 0 Å². The molecule has 10 heteroatoms. The smallest absolute Gasteiger partial charge is 0.269 e. The standard InChI is InChI=1S/C20H23N3O6S/c1-15-4-2-5-16(12-15)21-20(24)14-22(13-18-6-3-11-29-18)30(27,28)19-9-7-17(8-10-19)23(25)26/h2,4-5,7-10,12,18H,3,6,11,13-14H2,1H3,(H,21,24)/t18-/m1/s1. The lowest BCUT2D eigenvalue weighted by atomic mass is 10.2. The maximum absolute atomic E-state index is 13.2. The van der Waals surface area contributed by atoms with E-state index in [0.717, 1.165) is 28.4 Å². The van der Waals surface area contributed by atoms with E-state index in [2.05, 4.69) is 5.32 Å². The Balaban J connectivity index is 1.81. The molecule has 1 amide bonds. The van der Waals surface area contributed by atoms with Crippen LogP contribution in [0.4, 0.5) is 11.4 Å². The van der Waals surface area contributed by atoms with Crippen molar-refractivity contribution in [3.05, 3.63) is 64.2 Å². The third-order valence-corrected chi connectivity index (χ3v) is 6.56. The minimum atomic E-state index is -4.06. The molecular formula is C20H23N3O6S. The average molecular weight is 433 g/mol. The maximum Gasteiger partial charge on any atom is 0.269 e. The molecule has 0 bridgehead atoms. The monoisotopic (exact) mass is 433 g/mol. The van der Waals surface area contributed by atoms with Crippen molar-refractivity contribution in [1.82, 2.24) is 4.31 Å². The average Bonchev–Trinajstić information content (AvgIpc) is 3.20. The number of carbonyl (C=O) groups is 1. The lowest BCUT2D eigenvalue weighted by Crippen LogP contribution is -2.42. The van der Waals surface area contributed by atoms with E-state index in [9.17, 15) is 23.3 Å². The van der Waals surface area contributed by atoms with Crippen LogP contribution in [0.25, 0.3) is 0 Å². The Morgan fingerprint density at radius 1 is 1.27 bits per heavy atom. The summed E-state index contributed by atoms with van der Waals surface area (Å²) >= 11 is 0. The normalized spacial score (nSPS) is 16.5. The Kier molecular flexibility index (Phi) is 6.80. The van der Waals surface area contributed by atoms with Gasteiger partial charge in [0, 0.05) is 31.0 Å². The molecule has 1 aliphatic rings. The number of sulfonamides is 1. The van der Waals surface area contributed by atoms with Crippen LogP contribution in [-0.2, 0) is 19.6 Å². The van der Waals surface area contributed by atoms with Crippen molar-refractivity contribution in [2.45, 2.75) is 30.8 Å². The molecule has 1 heterocycles. The maximum atomic E-state index is 13.2. The molecule has 1 fully saturated rings. The molecule has 0 radical (unpaired) electrons. The summed E-state index contributed by atoms with van der Waals surface area (Å²) in [7, 11) is -4.06. The lowest BCUT2D eigenvalue weighted by molar-refractivity contribution is -0.384. The third kappa shape index (κ3) is 5.41. The van der Waals surface area contributed by atoms with E-state index in [4.69, 9.17) is 4.74 Å². The number of nitro groups is 1. The van der Waals surface area contributed by atoms with Crippen molar-refractivity contribution >= 4 is 27.3 Å². The van der Waals surface area contributed by atoms with E-state index >= 15 is 0 Å². The van der Waals surface area contributed by atoms with E-state index in [0.29, 0.717) is 18.7 Å². The number of benzene rings is 2. The predicted molar refractivity (Wildman–Crippen MR) is 111 cm³/mol. The van der Waals surface area contributed by atoms with Gasteiger partial charge in [0.05, 0.1) is 22.5 Å². The second-order valence-corrected chi connectivity index (χ2v) is 9.04. The van der Waals surface area contributed by atoms with Gasteiger partial charge in [0.2, 0.25) is 15.9 Å². The topological polar surface area (TPSA) is 119 Å². The zero-order valence-electron chi connectivity index (χ0n) is 16.5. The minimum Gasteiger partial charge on any atom is -0.377 e. The molecule has 1 aliphatic heterocycles. The molecule has 1 N–H and O–H groups in total. The van der Waals surface area contributed by atoms with E-state index in [1.807, 2.05) is 13.0 Å². The van der Waals surface area contributed by atoms with Gasteiger partial charge in [-0.15, -0.1) is 0 Å². The Morgan fingerprint density at radius 2 is 2.00 bits per heavy atom. The molecule has 9 nitrogen and oxygen atoms in total. The second kappa shape index (κ2) is 9.33.